The lowest BCUT2D eigenvalue weighted by atomic mass is 10.0. The molecule has 0 saturated heterocycles. The van der Waals surface area contributed by atoms with E-state index in [1.807, 2.05) is 26.0 Å². The Bertz CT molecular complexity index is 337. The van der Waals surface area contributed by atoms with Crippen molar-refractivity contribution in [2.45, 2.75) is 13.8 Å². The first-order valence-corrected chi connectivity index (χ1v) is 4.88. The highest BCUT2D eigenvalue weighted by Crippen LogP contribution is 2.21. The fourth-order valence-corrected chi connectivity index (χ4v) is 1.48. The number of Topliss-reactive ketones (excluding diaryl/α,β-unsaturated/α-hetero) is 1. The van der Waals surface area contributed by atoms with Crippen molar-refractivity contribution in [3.8, 4) is 0 Å². The smallest absolute Gasteiger partial charge is 0.176 e. The van der Waals surface area contributed by atoms with Gasteiger partial charge in [0.05, 0.1) is 6.54 Å². The van der Waals surface area contributed by atoms with Crippen molar-refractivity contribution in [2.24, 2.45) is 0 Å². The van der Waals surface area contributed by atoms with Gasteiger partial charge in [0.15, 0.2) is 5.78 Å². The Labute approximate surface area is 89.3 Å². The van der Waals surface area contributed by atoms with E-state index in [-0.39, 0.29) is 5.78 Å². The lowest BCUT2D eigenvalue weighted by Crippen LogP contribution is -2.18. The summed E-state index contributed by atoms with van der Waals surface area (Å²) in [6, 6.07) is 3.66. The van der Waals surface area contributed by atoms with Crippen molar-refractivity contribution in [1.29, 1.82) is 0 Å². The number of likely N-dealkylation sites (N-methyl/N-ethyl adjacent to an activating group) is 1. The van der Waals surface area contributed by atoms with E-state index in [0.717, 1.165) is 21.7 Å². The van der Waals surface area contributed by atoms with Crippen LogP contribution in [0.2, 0.25) is 5.02 Å². The molecule has 76 valence electrons. The summed E-state index contributed by atoms with van der Waals surface area (Å²) in [7, 11) is 1.76. The molecule has 0 aliphatic heterocycles. The van der Waals surface area contributed by atoms with Gasteiger partial charge in [-0.05, 0) is 44.2 Å². The Kier molecular flexibility index (Phi) is 3.67. The Balaban J connectivity index is 3.06. The number of aryl methyl sites for hydroxylation is 2. The molecule has 3 heteroatoms. The molecule has 0 radical (unpaired) electrons. The number of ketones is 1. The molecule has 14 heavy (non-hydrogen) atoms. The topological polar surface area (TPSA) is 29.1 Å². The monoisotopic (exact) mass is 211 g/mol. The molecule has 2 nitrogen and oxygen atoms in total. The quantitative estimate of drug-likeness (QED) is 0.778. The highest BCUT2D eigenvalue weighted by Gasteiger charge is 2.08. The SMILES string of the molecule is CNCC(=O)c1cc(C)c(Cl)c(C)c1. The van der Waals surface area contributed by atoms with Crippen molar-refractivity contribution in [3.63, 3.8) is 0 Å². The van der Waals surface area contributed by atoms with Crippen molar-refractivity contribution < 1.29 is 4.79 Å². The average molecular weight is 212 g/mol. The molecule has 1 N–H and O–H groups in total. The van der Waals surface area contributed by atoms with Crippen LogP contribution in [0.5, 0.6) is 0 Å². The maximum Gasteiger partial charge on any atom is 0.176 e. The van der Waals surface area contributed by atoms with Gasteiger partial charge in [0.25, 0.3) is 0 Å². The predicted octanol–water partition coefficient (Wildman–Crippen LogP) is 2.36. The molecule has 0 aliphatic rings. The molecular formula is C11H14ClNO. The fourth-order valence-electron chi connectivity index (χ4n) is 1.37. The minimum atomic E-state index is 0.0929. The first-order valence-electron chi connectivity index (χ1n) is 4.50. The molecule has 0 aromatic heterocycles. The number of halogens is 1. The summed E-state index contributed by atoms with van der Waals surface area (Å²) in [6.07, 6.45) is 0. The van der Waals surface area contributed by atoms with Crippen LogP contribution >= 0.6 is 11.6 Å². The Morgan fingerprint density at radius 3 is 2.29 bits per heavy atom. The molecule has 0 fully saturated rings. The zero-order valence-corrected chi connectivity index (χ0v) is 9.40. The van der Waals surface area contributed by atoms with Gasteiger partial charge in [-0.15, -0.1) is 0 Å². The second-order valence-electron chi connectivity index (χ2n) is 3.38. The van der Waals surface area contributed by atoms with E-state index in [1.165, 1.54) is 0 Å². The van der Waals surface area contributed by atoms with E-state index in [9.17, 15) is 4.79 Å². The first-order chi connectivity index (χ1) is 6.56. The molecule has 0 heterocycles. The summed E-state index contributed by atoms with van der Waals surface area (Å²) in [4.78, 5) is 11.6. The number of benzene rings is 1. The third kappa shape index (κ3) is 2.34. The van der Waals surface area contributed by atoms with Gasteiger partial charge in [0.1, 0.15) is 0 Å². The van der Waals surface area contributed by atoms with Crippen LogP contribution in [-0.2, 0) is 0 Å². The van der Waals surface area contributed by atoms with Gasteiger partial charge in [-0.1, -0.05) is 11.6 Å². The Morgan fingerprint density at radius 2 is 1.86 bits per heavy atom. The summed E-state index contributed by atoms with van der Waals surface area (Å²) < 4.78 is 0. The molecule has 1 aromatic carbocycles. The summed E-state index contributed by atoms with van der Waals surface area (Å²) in [5, 5.41) is 3.58. The van der Waals surface area contributed by atoms with Crippen LogP contribution in [0.25, 0.3) is 0 Å². The molecule has 0 amide bonds. The lowest BCUT2D eigenvalue weighted by Gasteiger charge is -2.06. The van der Waals surface area contributed by atoms with Crippen molar-refractivity contribution in [2.75, 3.05) is 13.6 Å². The zero-order chi connectivity index (χ0) is 10.7. The van der Waals surface area contributed by atoms with Crippen LogP contribution in [-0.4, -0.2) is 19.4 Å². The summed E-state index contributed by atoms with van der Waals surface area (Å²) in [6.45, 7) is 4.18. The van der Waals surface area contributed by atoms with E-state index >= 15 is 0 Å². The number of carbonyl (C=O) groups excluding carboxylic acids is 1. The van der Waals surface area contributed by atoms with Crippen LogP contribution in [0.3, 0.4) is 0 Å². The van der Waals surface area contributed by atoms with Gasteiger partial charge in [-0.3, -0.25) is 4.79 Å². The van der Waals surface area contributed by atoms with Crippen LogP contribution in [0, 0.1) is 13.8 Å². The molecule has 1 aromatic rings. The van der Waals surface area contributed by atoms with E-state index in [1.54, 1.807) is 7.05 Å². The van der Waals surface area contributed by atoms with E-state index in [2.05, 4.69) is 5.32 Å². The maximum absolute atomic E-state index is 11.6. The van der Waals surface area contributed by atoms with Gasteiger partial charge in [0.2, 0.25) is 0 Å². The molecular weight excluding hydrogens is 198 g/mol. The number of hydrogen-bond acceptors (Lipinski definition) is 2. The van der Waals surface area contributed by atoms with Gasteiger partial charge < -0.3 is 5.32 Å². The van der Waals surface area contributed by atoms with Crippen LogP contribution < -0.4 is 5.32 Å². The third-order valence-electron chi connectivity index (χ3n) is 2.10. The second-order valence-corrected chi connectivity index (χ2v) is 3.76. The standard InChI is InChI=1S/C11H14ClNO/c1-7-4-9(10(14)6-13-3)5-8(2)11(7)12/h4-5,13H,6H2,1-3H3. The largest absolute Gasteiger partial charge is 0.313 e. The predicted molar refractivity (Wildman–Crippen MR) is 59.2 cm³/mol. The van der Waals surface area contributed by atoms with Crippen LogP contribution in [0.15, 0.2) is 12.1 Å². The van der Waals surface area contributed by atoms with Crippen molar-refractivity contribution in [3.05, 3.63) is 33.8 Å². The highest BCUT2D eigenvalue weighted by molar-refractivity contribution is 6.32. The Morgan fingerprint density at radius 1 is 1.36 bits per heavy atom. The highest BCUT2D eigenvalue weighted by atomic mass is 35.5. The molecule has 0 atom stereocenters. The Hall–Kier alpha value is -0.860. The van der Waals surface area contributed by atoms with Gasteiger partial charge in [0, 0.05) is 10.6 Å². The zero-order valence-electron chi connectivity index (χ0n) is 8.65. The minimum absolute atomic E-state index is 0.0929. The molecule has 0 saturated carbocycles. The van der Waals surface area contributed by atoms with Crippen LogP contribution in [0.4, 0.5) is 0 Å². The summed E-state index contributed by atoms with van der Waals surface area (Å²) in [5.41, 5.74) is 2.62. The van der Waals surface area contributed by atoms with Gasteiger partial charge >= 0.3 is 0 Å². The molecule has 0 aliphatic carbocycles. The lowest BCUT2D eigenvalue weighted by molar-refractivity contribution is 0.0993. The third-order valence-corrected chi connectivity index (χ3v) is 2.69. The molecule has 1 rings (SSSR count). The van der Waals surface area contributed by atoms with Gasteiger partial charge in [-0.2, -0.15) is 0 Å². The van der Waals surface area contributed by atoms with E-state index < -0.39 is 0 Å². The minimum Gasteiger partial charge on any atom is -0.313 e. The molecule has 0 spiro atoms. The summed E-state index contributed by atoms with van der Waals surface area (Å²) in [5.74, 6) is 0.0929. The number of carbonyl (C=O) groups is 1. The normalized spacial score (nSPS) is 10.3. The molecule has 0 bridgehead atoms. The number of hydrogen-bond donors (Lipinski definition) is 1. The maximum atomic E-state index is 11.6. The van der Waals surface area contributed by atoms with E-state index in [4.69, 9.17) is 11.6 Å². The van der Waals surface area contributed by atoms with E-state index in [0.29, 0.717) is 6.54 Å². The molecule has 0 unspecified atom stereocenters. The summed E-state index contributed by atoms with van der Waals surface area (Å²) >= 11 is 6.00. The van der Waals surface area contributed by atoms with Gasteiger partial charge in [-0.25, -0.2) is 0 Å². The number of nitrogens with one attached hydrogen (secondary N) is 1. The first kappa shape index (κ1) is 11.2. The second kappa shape index (κ2) is 4.58. The van der Waals surface area contributed by atoms with Crippen LogP contribution in [0.1, 0.15) is 21.5 Å². The van der Waals surface area contributed by atoms with Crippen molar-refractivity contribution in [1.82, 2.24) is 5.32 Å². The van der Waals surface area contributed by atoms with Crippen molar-refractivity contribution >= 4 is 17.4 Å². The number of rotatable bonds is 3. The fraction of sp³-hybridized carbons (Fsp3) is 0.364. The average Bonchev–Trinajstić information content (AvgIpc) is 2.13.